The molecule has 1 aliphatic carbocycles. The van der Waals surface area contributed by atoms with E-state index >= 15 is 0 Å². The van der Waals surface area contributed by atoms with E-state index in [9.17, 15) is 9.59 Å². The number of fused-ring (bicyclic) bond motifs is 1. The standard InChI is InChI=1S/C26H31ClN2O2S/c1-6-13-29(14-7-2)25(31)22-20-12-11-18(26(3,4)5)16-21(20)32-24(22)28-23(30)17-9-8-10-19(27)15-17/h6-10,15,18H,1-2,11-14,16H2,3-5H3,(H,28,30). The largest absolute Gasteiger partial charge is 0.331 e. The highest BCUT2D eigenvalue weighted by atomic mass is 35.5. The number of carbonyl (C=O) groups is 2. The maximum atomic E-state index is 13.6. The highest BCUT2D eigenvalue weighted by Gasteiger charge is 2.35. The number of rotatable bonds is 7. The molecule has 0 aliphatic heterocycles. The Hall–Kier alpha value is -2.37. The van der Waals surface area contributed by atoms with Crippen LogP contribution in [0.4, 0.5) is 5.00 Å². The molecule has 1 atom stereocenters. The molecule has 1 aromatic carbocycles. The molecule has 0 bridgehead atoms. The van der Waals surface area contributed by atoms with Gasteiger partial charge in [0, 0.05) is 28.6 Å². The first-order valence-corrected chi connectivity index (χ1v) is 12.1. The third-order valence-corrected chi connectivity index (χ3v) is 7.41. The molecule has 0 saturated heterocycles. The van der Waals surface area contributed by atoms with Crippen molar-refractivity contribution in [2.45, 2.75) is 40.0 Å². The summed E-state index contributed by atoms with van der Waals surface area (Å²) in [5.74, 6) is 0.162. The molecule has 170 valence electrons. The Balaban J connectivity index is 2.02. The average molecular weight is 471 g/mol. The highest BCUT2D eigenvalue weighted by Crippen LogP contribution is 2.44. The zero-order valence-corrected chi connectivity index (χ0v) is 20.6. The van der Waals surface area contributed by atoms with Crippen LogP contribution in [0, 0.1) is 11.3 Å². The van der Waals surface area contributed by atoms with Gasteiger partial charge in [0.05, 0.1) is 5.56 Å². The number of carbonyl (C=O) groups excluding carboxylic acids is 2. The SMILES string of the molecule is C=CCN(CC=C)C(=O)c1c(NC(=O)c2cccc(Cl)c2)sc2c1CCC(C(C)(C)C)C2. The molecule has 1 aliphatic rings. The third kappa shape index (κ3) is 5.33. The molecular weight excluding hydrogens is 440 g/mol. The summed E-state index contributed by atoms with van der Waals surface area (Å²) in [5, 5.41) is 4.11. The van der Waals surface area contributed by atoms with Crippen molar-refractivity contribution in [2.24, 2.45) is 11.3 Å². The third-order valence-electron chi connectivity index (χ3n) is 6.00. The van der Waals surface area contributed by atoms with Crippen LogP contribution >= 0.6 is 22.9 Å². The lowest BCUT2D eigenvalue weighted by molar-refractivity contribution is 0.0790. The van der Waals surface area contributed by atoms with Crippen LogP contribution < -0.4 is 5.32 Å². The van der Waals surface area contributed by atoms with Gasteiger partial charge in [-0.25, -0.2) is 0 Å². The minimum atomic E-state index is -0.272. The van der Waals surface area contributed by atoms with E-state index in [1.807, 2.05) is 0 Å². The Labute approximate surface area is 200 Å². The minimum Gasteiger partial charge on any atom is -0.331 e. The van der Waals surface area contributed by atoms with Gasteiger partial charge in [0.25, 0.3) is 11.8 Å². The van der Waals surface area contributed by atoms with Crippen molar-refractivity contribution in [3.05, 3.63) is 76.2 Å². The number of anilines is 1. The molecule has 32 heavy (non-hydrogen) atoms. The van der Waals surface area contributed by atoms with Gasteiger partial charge in [0.2, 0.25) is 0 Å². The molecule has 4 nitrogen and oxygen atoms in total. The second kappa shape index (κ2) is 10.1. The van der Waals surface area contributed by atoms with Crippen LogP contribution in [0.5, 0.6) is 0 Å². The Kier molecular flexibility index (Phi) is 7.63. The van der Waals surface area contributed by atoms with Gasteiger partial charge in [-0.1, -0.05) is 50.6 Å². The molecule has 2 aromatic rings. The number of nitrogens with zero attached hydrogens (tertiary/aromatic N) is 1. The zero-order valence-electron chi connectivity index (χ0n) is 19.0. The Morgan fingerprint density at radius 2 is 1.94 bits per heavy atom. The van der Waals surface area contributed by atoms with Gasteiger partial charge in [0.1, 0.15) is 5.00 Å². The molecule has 0 saturated carbocycles. The van der Waals surface area contributed by atoms with Gasteiger partial charge in [0.15, 0.2) is 0 Å². The lowest BCUT2D eigenvalue weighted by Crippen LogP contribution is -2.33. The summed E-state index contributed by atoms with van der Waals surface area (Å²) in [4.78, 5) is 29.5. The first-order valence-electron chi connectivity index (χ1n) is 10.9. The van der Waals surface area contributed by atoms with Gasteiger partial charge in [-0.05, 0) is 54.4 Å². The van der Waals surface area contributed by atoms with Gasteiger partial charge < -0.3 is 10.2 Å². The van der Waals surface area contributed by atoms with Gasteiger partial charge in [-0.15, -0.1) is 24.5 Å². The molecule has 1 unspecified atom stereocenters. The van der Waals surface area contributed by atoms with Crippen LogP contribution in [-0.4, -0.2) is 29.8 Å². The number of benzene rings is 1. The highest BCUT2D eigenvalue weighted by molar-refractivity contribution is 7.17. The van der Waals surface area contributed by atoms with Crippen LogP contribution in [0.1, 0.15) is 58.3 Å². The van der Waals surface area contributed by atoms with E-state index in [0.29, 0.717) is 40.2 Å². The zero-order chi connectivity index (χ0) is 23.5. The van der Waals surface area contributed by atoms with Crippen molar-refractivity contribution >= 4 is 39.8 Å². The van der Waals surface area contributed by atoms with Crippen LogP contribution in [0.2, 0.25) is 5.02 Å². The summed E-state index contributed by atoms with van der Waals surface area (Å²) in [5.41, 5.74) is 2.33. The van der Waals surface area contributed by atoms with Crippen molar-refractivity contribution in [3.63, 3.8) is 0 Å². The first-order chi connectivity index (χ1) is 15.2. The fourth-order valence-electron chi connectivity index (χ4n) is 4.15. The molecule has 1 heterocycles. The van der Waals surface area contributed by atoms with E-state index in [4.69, 9.17) is 11.6 Å². The summed E-state index contributed by atoms with van der Waals surface area (Å²) in [6.07, 6.45) is 6.19. The molecule has 1 aromatic heterocycles. The Morgan fingerprint density at radius 3 is 2.53 bits per heavy atom. The quantitative estimate of drug-likeness (QED) is 0.462. The first kappa shape index (κ1) is 24.3. The maximum absolute atomic E-state index is 13.6. The number of hydrogen-bond acceptors (Lipinski definition) is 3. The fraction of sp³-hybridized carbons (Fsp3) is 0.385. The second-order valence-electron chi connectivity index (χ2n) is 9.27. The molecule has 0 spiro atoms. The van der Waals surface area contributed by atoms with Crippen LogP contribution in [0.3, 0.4) is 0 Å². The predicted octanol–water partition coefficient (Wildman–Crippen LogP) is 6.62. The normalized spacial score (nSPS) is 15.6. The maximum Gasteiger partial charge on any atom is 0.257 e. The van der Waals surface area contributed by atoms with Gasteiger partial charge >= 0.3 is 0 Å². The molecular formula is C26H31ClN2O2S. The van der Waals surface area contributed by atoms with Crippen LogP contribution in [-0.2, 0) is 12.8 Å². The van der Waals surface area contributed by atoms with Crippen LogP contribution in [0.15, 0.2) is 49.6 Å². The number of halogens is 1. The van der Waals surface area contributed by atoms with Gasteiger partial charge in [-0.2, -0.15) is 0 Å². The van der Waals surface area contributed by atoms with E-state index in [2.05, 4.69) is 39.2 Å². The lowest BCUT2D eigenvalue weighted by atomic mass is 9.72. The fourth-order valence-corrected chi connectivity index (χ4v) is 5.66. The smallest absolute Gasteiger partial charge is 0.257 e. The Bertz CT molecular complexity index is 1020. The number of hydrogen-bond donors (Lipinski definition) is 1. The average Bonchev–Trinajstić information content (AvgIpc) is 3.09. The predicted molar refractivity (Wildman–Crippen MR) is 135 cm³/mol. The monoisotopic (exact) mass is 470 g/mol. The van der Waals surface area contributed by atoms with Crippen molar-refractivity contribution in [3.8, 4) is 0 Å². The second-order valence-corrected chi connectivity index (χ2v) is 10.8. The van der Waals surface area contributed by atoms with E-state index in [1.54, 1.807) is 41.3 Å². The summed E-state index contributed by atoms with van der Waals surface area (Å²) in [6, 6.07) is 6.82. The summed E-state index contributed by atoms with van der Waals surface area (Å²) in [6.45, 7) is 15.2. The van der Waals surface area contributed by atoms with Crippen molar-refractivity contribution in [2.75, 3.05) is 18.4 Å². The van der Waals surface area contributed by atoms with Gasteiger partial charge in [-0.3, -0.25) is 9.59 Å². The van der Waals surface area contributed by atoms with E-state index in [0.717, 1.165) is 24.8 Å². The molecule has 2 amide bonds. The lowest BCUT2D eigenvalue weighted by Gasteiger charge is -2.34. The van der Waals surface area contributed by atoms with Crippen LogP contribution in [0.25, 0.3) is 0 Å². The molecule has 3 rings (SSSR count). The molecule has 0 radical (unpaired) electrons. The number of nitrogens with one attached hydrogen (secondary N) is 1. The van der Waals surface area contributed by atoms with Crippen molar-refractivity contribution in [1.82, 2.24) is 4.90 Å². The van der Waals surface area contributed by atoms with E-state index in [-0.39, 0.29) is 17.2 Å². The summed E-state index contributed by atoms with van der Waals surface area (Å²) >= 11 is 7.60. The molecule has 6 heteroatoms. The van der Waals surface area contributed by atoms with E-state index in [1.165, 1.54) is 16.2 Å². The summed E-state index contributed by atoms with van der Waals surface area (Å²) in [7, 11) is 0. The summed E-state index contributed by atoms with van der Waals surface area (Å²) < 4.78 is 0. The number of thiophene rings is 1. The van der Waals surface area contributed by atoms with E-state index < -0.39 is 0 Å². The topological polar surface area (TPSA) is 49.4 Å². The minimum absolute atomic E-state index is 0.0992. The molecule has 1 N–H and O–H groups in total. The Morgan fingerprint density at radius 1 is 1.25 bits per heavy atom. The van der Waals surface area contributed by atoms with Crippen molar-refractivity contribution in [1.29, 1.82) is 0 Å². The number of amides is 2. The van der Waals surface area contributed by atoms with Crippen molar-refractivity contribution < 1.29 is 9.59 Å². The molecule has 0 fully saturated rings.